The Labute approximate surface area is 351 Å². The molecule has 0 spiro atoms. The maximum atomic E-state index is 14.0. The lowest BCUT2D eigenvalue weighted by atomic mass is 9.79. The van der Waals surface area contributed by atoms with Gasteiger partial charge in [0.1, 0.15) is 5.75 Å². The second-order valence-corrected chi connectivity index (χ2v) is 17.9. The van der Waals surface area contributed by atoms with Crippen molar-refractivity contribution >= 4 is 35.3 Å². The lowest BCUT2D eigenvalue weighted by Crippen LogP contribution is -2.42. The summed E-state index contributed by atoms with van der Waals surface area (Å²) in [4.78, 5) is 68.9. The molecule has 4 atom stereocenters. The van der Waals surface area contributed by atoms with Gasteiger partial charge >= 0.3 is 12.1 Å². The number of nitrogens with one attached hydrogen (secondary N) is 1. The van der Waals surface area contributed by atoms with Gasteiger partial charge in [-0.05, 0) is 131 Å². The molecule has 3 heterocycles. The van der Waals surface area contributed by atoms with Gasteiger partial charge in [0.25, 0.3) is 0 Å². The second kappa shape index (κ2) is 21.2. The minimum absolute atomic E-state index is 0.0374. The molecule has 6 rings (SSSR count). The van der Waals surface area contributed by atoms with Crippen LogP contribution in [0.5, 0.6) is 5.75 Å². The average molecular weight is 814 g/mol. The van der Waals surface area contributed by atoms with Crippen LogP contribution in [0.1, 0.15) is 125 Å². The Bertz CT molecular complexity index is 1760. The number of aryl methyl sites for hydroxylation is 3. The highest BCUT2D eigenvalue weighted by Crippen LogP contribution is 2.38. The van der Waals surface area contributed by atoms with Crippen LogP contribution in [-0.2, 0) is 41.5 Å². The molecule has 322 valence electrons. The van der Waals surface area contributed by atoms with Gasteiger partial charge in [0.05, 0.1) is 13.0 Å². The number of piperidine rings is 2. The molecule has 0 aromatic heterocycles. The van der Waals surface area contributed by atoms with Crippen molar-refractivity contribution in [1.82, 2.24) is 9.80 Å². The van der Waals surface area contributed by atoms with Crippen LogP contribution in [0.2, 0.25) is 0 Å². The minimum atomic E-state index is -0.913. The Hall–Kier alpha value is -4.41. The summed E-state index contributed by atoms with van der Waals surface area (Å²) in [6.07, 6.45) is 12.0. The topological polar surface area (TPSA) is 143 Å². The molecule has 59 heavy (non-hydrogen) atoms. The maximum absolute atomic E-state index is 14.0. The predicted octanol–water partition coefficient (Wildman–Crippen LogP) is 8.49. The third-order valence-corrected chi connectivity index (χ3v) is 13.8. The average Bonchev–Trinajstić information content (AvgIpc) is 3.57. The minimum Gasteiger partial charge on any atom is -0.507 e. The molecule has 3 fully saturated rings. The predicted molar refractivity (Wildman–Crippen MR) is 227 cm³/mol. The molecule has 1 aliphatic carbocycles. The molecular weight excluding hydrogens is 747 g/mol. The molecule has 0 bridgehead atoms. The first kappa shape index (κ1) is 44.2. The van der Waals surface area contributed by atoms with Crippen molar-refractivity contribution in [1.29, 1.82) is 0 Å². The molecule has 3 aliphatic heterocycles. The number of ketones is 1. The number of benzene rings is 2. The maximum Gasteiger partial charge on any atom is 0.410 e. The third kappa shape index (κ3) is 12.3. The summed E-state index contributed by atoms with van der Waals surface area (Å²) >= 11 is 0. The van der Waals surface area contributed by atoms with Crippen molar-refractivity contribution < 1.29 is 38.6 Å². The van der Waals surface area contributed by atoms with Crippen molar-refractivity contribution in [3.8, 4) is 5.75 Å². The van der Waals surface area contributed by atoms with Gasteiger partial charge < -0.3 is 29.7 Å². The van der Waals surface area contributed by atoms with Crippen LogP contribution < -0.4 is 5.32 Å². The summed E-state index contributed by atoms with van der Waals surface area (Å²) in [5.74, 6) is 1.90. The Balaban J connectivity index is 0.980. The summed E-state index contributed by atoms with van der Waals surface area (Å²) < 4.78 is 11.1. The number of hydrogen-bond acceptors (Lipinski definition) is 8. The fourth-order valence-corrected chi connectivity index (χ4v) is 10.2. The van der Waals surface area contributed by atoms with Crippen LogP contribution in [0, 0.1) is 43.4 Å². The quantitative estimate of drug-likeness (QED) is 0.143. The van der Waals surface area contributed by atoms with Gasteiger partial charge in [-0.2, -0.15) is 0 Å². The fourth-order valence-electron chi connectivity index (χ4n) is 10.2. The number of fused-ring (bicyclic) bond motifs is 1. The zero-order valence-electron chi connectivity index (χ0n) is 35.7. The molecule has 1 saturated carbocycles. The normalized spacial score (nSPS) is 22.4. The molecule has 0 radical (unpaired) electrons. The van der Waals surface area contributed by atoms with E-state index < -0.39 is 12.2 Å². The van der Waals surface area contributed by atoms with E-state index in [0.29, 0.717) is 49.8 Å². The zero-order chi connectivity index (χ0) is 41.9. The number of rotatable bonds is 14. The van der Waals surface area contributed by atoms with Gasteiger partial charge in [-0.15, -0.1) is 0 Å². The van der Waals surface area contributed by atoms with E-state index in [0.717, 1.165) is 113 Å². The molecular formula is C48H67N3O8. The van der Waals surface area contributed by atoms with Crippen LogP contribution in [0.4, 0.5) is 10.5 Å². The molecule has 11 heteroatoms. The number of carbonyl (C=O) groups excluding carboxylic acids is 5. The number of Topliss-reactive ketones (excluding diaryl/α,β-unsaturated/α-hetero) is 1. The summed E-state index contributed by atoms with van der Waals surface area (Å²) in [5.41, 5.74) is 4.40. The number of amides is 3. The van der Waals surface area contributed by atoms with Gasteiger partial charge in [-0.3, -0.25) is 19.2 Å². The van der Waals surface area contributed by atoms with Crippen LogP contribution in [0.15, 0.2) is 36.4 Å². The number of hydrogen-bond donors (Lipinski definition) is 2. The standard InChI is InChI=1S/C48H67N3O8/c1-4-58-45(54)19-18-44(53)50-26-22-38(23-27-50)37-10-7-8-34(12-14-37)13-17-42(52)43(31-36-28-32(2)46(55)33(3)29-36)59-48(57)51-24-20-35(21-25-51)30-40-16-15-39-9-5-6-11-41(39)49-47(40)56/h5-6,9,11,28-29,34-35,37-38,40,43,55H,4,7-8,10,12-27,30-31H2,1-3H3,(H,49,56)/t34?,37?,40?,43-/m1/s1. The first-order valence-electron chi connectivity index (χ1n) is 22.6. The number of anilines is 1. The van der Waals surface area contributed by atoms with Gasteiger partial charge in [-0.1, -0.05) is 56.0 Å². The Morgan fingerprint density at radius 2 is 1.51 bits per heavy atom. The molecule has 3 unspecified atom stereocenters. The van der Waals surface area contributed by atoms with Crippen molar-refractivity contribution in [3.05, 3.63) is 58.7 Å². The molecule has 3 amide bonds. The highest BCUT2D eigenvalue weighted by molar-refractivity contribution is 5.94. The number of para-hydroxylation sites is 1. The van der Waals surface area contributed by atoms with Crippen LogP contribution in [-0.4, -0.2) is 83.5 Å². The lowest BCUT2D eigenvalue weighted by Gasteiger charge is -2.36. The summed E-state index contributed by atoms with van der Waals surface area (Å²) in [5, 5.41) is 13.5. The highest BCUT2D eigenvalue weighted by Gasteiger charge is 2.34. The van der Waals surface area contributed by atoms with Crippen molar-refractivity contribution in [2.24, 2.45) is 29.6 Å². The summed E-state index contributed by atoms with van der Waals surface area (Å²) in [7, 11) is 0. The van der Waals surface area contributed by atoms with E-state index in [1.54, 1.807) is 11.8 Å². The monoisotopic (exact) mass is 813 g/mol. The molecule has 2 aromatic carbocycles. The van der Waals surface area contributed by atoms with Gasteiger partial charge in [-0.25, -0.2) is 4.79 Å². The first-order valence-corrected chi connectivity index (χ1v) is 22.6. The number of likely N-dealkylation sites (tertiary alicyclic amines) is 2. The molecule has 11 nitrogen and oxygen atoms in total. The number of carbonyl (C=O) groups is 5. The van der Waals surface area contributed by atoms with Gasteiger partial charge in [0.2, 0.25) is 11.8 Å². The number of aromatic hydroxyl groups is 1. The number of phenolic OH excluding ortho intramolecular Hbond substituents is 1. The third-order valence-electron chi connectivity index (χ3n) is 13.8. The molecule has 2 saturated heterocycles. The fraction of sp³-hybridized carbons (Fsp3) is 0.646. The van der Waals surface area contributed by atoms with E-state index >= 15 is 0 Å². The van der Waals surface area contributed by atoms with E-state index in [4.69, 9.17) is 9.47 Å². The highest BCUT2D eigenvalue weighted by atomic mass is 16.6. The van der Waals surface area contributed by atoms with E-state index in [2.05, 4.69) is 11.4 Å². The van der Waals surface area contributed by atoms with Crippen LogP contribution >= 0.6 is 0 Å². The van der Waals surface area contributed by atoms with Crippen molar-refractivity contribution in [3.63, 3.8) is 0 Å². The second-order valence-electron chi connectivity index (χ2n) is 17.9. The Morgan fingerprint density at radius 1 is 0.814 bits per heavy atom. The molecule has 2 N–H and O–H groups in total. The Morgan fingerprint density at radius 3 is 2.24 bits per heavy atom. The van der Waals surface area contributed by atoms with E-state index in [-0.39, 0.29) is 54.5 Å². The summed E-state index contributed by atoms with van der Waals surface area (Å²) in [6, 6.07) is 11.8. The van der Waals surface area contributed by atoms with Crippen LogP contribution in [0.25, 0.3) is 0 Å². The first-order chi connectivity index (χ1) is 28.5. The zero-order valence-corrected chi connectivity index (χ0v) is 35.7. The van der Waals surface area contributed by atoms with Crippen molar-refractivity contribution in [2.45, 2.75) is 136 Å². The Kier molecular flexibility index (Phi) is 15.9. The van der Waals surface area contributed by atoms with E-state index in [9.17, 15) is 29.1 Å². The van der Waals surface area contributed by atoms with E-state index in [1.165, 1.54) is 12.0 Å². The smallest absolute Gasteiger partial charge is 0.410 e. The number of esters is 1. The SMILES string of the molecule is CCOC(=O)CCC(=O)N1CCC(C2CCCC(CCC(=O)[C@@H](Cc3cc(C)c(O)c(C)c3)OC(=O)N3CCC(CC4CCc5ccccc5NC4=O)CC3)CC2)CC1. The van der Waals surface area contributed by atoms with Gasteiger partial charge in [0.15, 0.2) is 11.9 Å². The van der Waals surface area contributed by atoms with E-state index in [1.807, 2.05) is 49.1 Å². The lowest BCUT2D eigenvalue weighted by molar-refractivity contribution is -0.146. The van der Waals surface area contributed by atoms with Crippen LogP contribution in [0.3, 0.4) is 0 Å². The van der Waals surface area contributed by atoms with Crippen molar-refractivity contribution in [2.75, 3.05) is 38.1 Å². The van der Waals surface area contributed by atoms with Gasteiger partial charge in [0, 0.05) is 57.0 Å². The largest absolute Gasteiger partial charge is 0.507 e. The molecule has 4 aliphatic rings. The number of phenols is 1. The summed E-state index contributed by atoms with van der Waals surface area (Å²) in [6.45, 7) is 8.33. The molecule has 2 aromatic rings. The number of nitrogens with zero attached hydrogens (tertiary/aromatic N) is 2. The number of ether oxygens (including phenoxy) is 2.